The number of benzene rings is 1. The highest BCUT2D eigenvalue weighted by atomic mass is 19.4. The van der Waals surface area contributed by atoms with Crippen molar-refractivity contribution in [2.45, 2.75) is 31.5 Å². The van der Waals surface area contributed by atoms with E-state index in [4.69, 9.17) is 4.74 Å². The normalized spacial score (nSPS) is 18.8. The number of amides is 1. The third-order valence-electron chi connectivity index (χ3n) is 3.31. The number of nitrogens with one attached hydrogen (secondary N) is 1. The van der Waals surface area contributed by atoms with Crippen molar-refractivity contribution in [3.63, 3.8) is 0 Å². The van der Waals surface area contributed by atoms with Crippen LogP contribution >= 0.6 is 0 Å². The zero-order valence-electron chi connectivity index (χ0n) is 11.2. The average Bonchev–Trinajstić information content (AvgIpc) is 2.91. The van der Waals surface area contributed by atoms with E-state index in [0.717, 1.165) is 12.8 Å². The van der Waals surface area contributed by atoms with Gasteiger partial charge in [-0.05, 0) is 37.5 Å². The number of hydrogen-bond donors (Lipinski definition) is 1. The highest BCUT2D eigenvalue weighted by molar-refractivity contribution is 5.94. The highest BCUT2D eigenvalue weighted by Crippen LogP contribution is 2.30. The molecule has 1 fully saturated rings. The second kappa shape index (κ2) is 6.43. The lowest BCUT2D eigenvalue weighted by atomic mass is 10.1. The second-order valence-corrected chi connectivity index (χ2v) is 4.87. The predicted octanol–water partition coefficient (Wildman–Crippen LogP) is 3.14. The van der Waals surface area contributed by atoms with Crippen molar-refractivity contribution in [1.29, 1.82) is 0 Å². The van der Waals surface area contributed by atoms with Gasteiger partial charge in [0.1, 0.15) is 5.82 Å². The quantitative estimate of drug-likeness (QED) is 0.868. The molecule has 2 rings (SSSR count). The van der Waals surface area contributed by atoms with E-state index < -0.39 is 29.0 Å². The van der Waals surface area contributed by atoms with E-state index in [1.165, 1.54) is 0 Å². The molecule has 1 heterocycles. The second-order valence-electron chi connectivity index (χ2n) is 4.87. The molecule has 21 heavy (non-hydrogen) atoms. The Morgan fingerprint density at radius 3 is 2.76 bits per heavy atom. The van der Waals surface area contributed by atoms with Crippen LogP contribution in [0.2, 0.25) is 0 Å². The van der Waals surface area contributed by atoms with E-state index in [1.54, 1.807) is 0 Å². The Balaban J connectivity index is 1.97. The van der Waals surface area contributed by atoms with E-state index in [9.17, 15) is 22.4 Å². The van der Waals surface area contributed by atoms with Gasteiger partial charge in [-0.25, -0.2) is 4.39 Å². The number of rotatable bonds is 4. The van der Waals surface area contributed by atoms with Crippen LogP contribution in [-0.2, 0) is 10.9 Å². The highest BCUT2D eigenvalue weighted by Gasteiger charge is 2.31. The first-order valence-electron chi connectivity index (χ1n) is 6.64. The standard InChI is InChI=1S/C14H15F4NO2/c15-12-4-3-9(14(16,17)18)8-11(12)13(20)19-6-5-10-2-1-7-21-10/h3-4,8,10H,1-2,5-7H2,(H,19,20). The minimum absolute atomic E-state index is 0.0525. The van der Waals surface area contributed by atoms with Crippen molar-refractivity contribution in [1.82, 2.24) is 5.32 Å². The molecule has 116 valence electrons. The Bertz CT molecular complexity index is 510. The summed E-state index contributed by atoms with van der Waals surface area (Å²) in [7, 11) is 0. The van der Waals surface area contributed by atoms with Gasteiger partial charge >= 0.3 is 6.18 Å². The summed E-state index contributed by atoms with van der Waals surface area (Å²) in [6.45, 7) is 0.917. The summed E-state index contributed by atoms with van der Waals surface area (Å²) in [5.74, 6) is -1.82. The molecule has 1 aliphatic rings. The first-order valence-corrected chi connectivity index (χ1v) is 6.64. The van der Waals surface area contributed by atoms with Crippen LogP contribution in [0.1, 0.15) is 35.2 Å². The van der Waals surface area contributed by atoms with E-state index in [2.05, 4.69) is 5.32 Å². The van der Waals surface area contributed by atoms with Crippen molar-refractivity contribution in [2.24, 2.45) is 0 Å². The first-order chi connectivity index (χ1) is 9.88. The molecule has 1 aliphatic heterocycles. The van der Waals surface area contributed by atoms with Gasteiger partial charge in [-0.2, -0.15) is 13.2 Å². The summed E-state index contributed by atoms with van der Waals surface area (Å²) in [6, 6.07) is 1.78. The van der Waals surface area contributed by atoms with Gasteiger partial charge in [0.15, 0.2) is 0 Å². The zero-order chi connectivity index (χ0) is 15.5. The Morgan fingerprint density at radius 1 is 1.38 bits per heavy atom. The molecule has 1 saturated heterocycles. The third kappa shape index (κ3) is 4.17. The lowest BCUT2D eigenvalue weighted by molar-refractivity contribution is -0.137. The van der Waals surface area contributed by atoms with Crippen LogP contribution < -0.4 is 5.32 Å². The van der Waals surface area contributed by atoms with Gasteiger partial charge in [0, 0.05) is 13.2 Å². The molecule has 0 radical (unpaired) electrons. The van der Waals surface area contributed by atoms with Crippen LogP contribution in [0, 0.1) is 5.82 Å². The minimum Gasteiger partial charge on any atom is -0.378 e. The van der Waals surface area contributed by atoms with Crippen LogP contribution in [0.4, 0.5) is 17.6 Å². The van der Waals surface area contributed by atoms with Crippen molar-refractivity contribution in [3.05, 3.63) is 35.1 Å². The molecule has 1 atom stereocenters. The zero-order valence-corrected chi connectivity index (χ0v) is 11.2. The van der Waals surface area contributed by atoms with Crippen molar-refractivity contribution >= 4 is 5.91 Å². The van der Waals surface area contributed by atoms with E-state index >= 15 is 0 Å². The lowest BCUT2D eigenvalue weighted by Gasteiger charge is -2.12. The summed E-state index contributed by atoms with van der Waals surface area (Å²) in [5, 5.41) is 2.42. The molecular weight excluding hydrogens is 290 g/mol. The minimum atomic E-state index is -4.61. The maximum absolute atomic E-state index is 13.5. The molecule has 1 aromatic carbocycles. The fourth-order valence-electron chi connectivity index (χ4n) is 2.19. The van der Waals surface area contributed by atoms with Gasteiger partial charge < -0.3 is 10.1 Å². The van der Waals surface area contributed by atoms with Crippen LogP contribution in [0.3, 0.4) is 0 Å². The van der Waals surface area contributed by atoms with E-state index in [-0.39, 0.29) is 12.6 Å². The van der Waals surface area contributed by atoms with Gasteiger partial charge in [-0.3, -0.25) is 4.79 Å². The average molecular weight is 305 g/mol. The van der Waals surface area contributed by atoms with Crippen LogP contribution in [0.5, 0.6) is 0 Å². The maximum Gasteiger partial charge on any atom is 0.416 e. The fourth-order valence-corrected chi connectivity index (χ4v) is 2.19. The van der Waals surface area contributed by atoms with Crippen molar-refractivity contribution < 1.29 is 27.1 Å². The monoisotopic (exact) mass is 305 g/mol. The summed E-state index contributed by atoms with van der Waals surface area (Å²) in [6.07, 6.45) is -2.14. The van der Waals surface area contributed by atoms with Gasteiger partial charge in [0.25, 0.3) is 5.91 Å². The molecule has 7 heteroatoms. The van der Waals surface area contributed by atoms with Crippen LogP contribution in [0.15, 0.2) is 18.2 Å². The molecule has 1 aromatic rings. The summed E-state index contributed by atoms with van der Waals surface area (Å²) >= 11 is 0. The third-order valence-corrected chi connectivity index (χ3v) is 3.31. The maximum atomic E-state index is 13.5. The Morgan fingerprint density at radius 2 is 2.14 bits per heavy atom. The van der Waals surface area contributed by atoms with Gasteiger partial charge in [0.05, 0.1) is 17.2 Å². The smallest absolute Gasteiger partial charge is 0.378 e. The Labute approximate surface area is 119 Å². The SMILES string of the molecule is O=C(NCCC1CCCO1)c1cc(C(F)(F)F)ccc1F. The van der Waals surface area contributed by atoms with Crippen LogP contribution in [-0.4, -0.2) is 25.2 Å². The Kier molecular flexibility index (Phi) is 4.82. The summed E-state index contributed by atoms with van der Waals surface area (Å²) in [4.78, 5) is 11.8. The number of carbonyl (C=O) groups is 1. The molecule has 0 saturated carbocycles. The molecule has 0 spiro atoms. The number of ether oxygens (including phenoxy) is 1. The molecule has 3 nitrogen and oxygen atoms in total. The van der Waals surface area contributed by atoms with Gasteiger partial charge in [0.2, 0.25) is 0 Å². The first kappa shape index (κ1) is 15.8. The molecule has 1 unspecified atom stereocenters. The summed E-state index contributed by atoms with van der Waals surface area (Å²) in [5.41, 5.74) is -1.65. The lowest BCUT2D eigenvalue weighted by Crippen LogP contribution is -2.28. The number of carbonyl (C=O) groups excluding carboxylic acids is 1. The molecule has 1 N–H and O–H groups in total. The largest absolute Gasteiger partial charge is 0.416 e. The molecular formula is C14H15F4NO2. The van der Waals surface area contributed by atoms with Gasteiger partial charge in [-0.1, -0.05) is 0 Å². The van der Waals surface area contributed by atoms with Crippen LogP contribution in [0.25, 0.3) is 0 Å². The van der Waals surface area contributed by atoms with E-state index in [0.29, 0.717) is 31.2 Å². The van der Waals surface area contributed by atoms with Crippen molar-refractivity contribution in [2.75, 3.05) is 13.2 Å². The van der Waals surface area contributed by atoms with Gasteiger partial charge in [-0.15, -0.1) is 0 Å². The molecule has 0 aliphatic carbocycles. The predicted molar refractivity (Wildman–Crippen MR) is 67.3 cm³/mol. The number of halogens is 4. The fraction of sp³-hybridized carbons (Fsp3) is 0.500. The molecule has 0 bridgehead atoms. The van der Waals surface area contributed by atoms with Crippen molar-refractivity contribution in [3.8, 4) is 0 Å². The number of hydrogen-bond acceptors (Lipinski definition) is 2. The summed E-state index contributed by atoms with van der Waals surface area (Å²) < 4.78 is 56.5. The molecule has 1 amide bonds. The topological polar surface area (TPSA) is 38.3 Å². The number of alkyl halides is 3. The van der Waals surface area contributed by atoms with E-state index in [1.807, 2.05) is 0 Å². The molecule has 0 aromatic heterocycles. The Hall–Kier alpha value is -1.63.